The molecule has 0 aromatic carbocycles. The van der Waals surface area contributed by atoms with E-state index < -0.39 is 11.2 Å². The number of halogens is 1. The lowest BCUT2D eigenvalue weighted by atomic mass is 10.3. The lowest BCUT2D eigenvalue weighted by Crippen LogP contribution is -2.40. The van der Waals surface area contributed by atoms with Crippen molar-refractivity contribution < 1.29 is 0 Å². The highest BCUT2D eigenvalue weighted by molar-refractivity contribution is 6.29. The molecule has 0 aliphatic heterocycles. The molecule has 0 aliphatic rings. The molecule has 0 spiro atoms. The van der Waals surface area contributed by atoms with Crippen LogP contribution >= 0.6 is 11.6 Å². The molecule has 130 valence electrons. The molecule has 3 aromatic rings. The summed E-state index contributed by atoms with van der Waals surface area (Å²) in [4.78, 5) is 33.8. The number of rotatable bonds is 4. The average molecular weight is 360 g/mol. The van der Waals surface area contributed by atoms with Gasteiger partial charge in [0.05, 0.1) is 6.54 Å². The fourth-order valence-corrected chi connectivity index (χ4v) is 2.83. The van der Waals surface area contributed by atoms with Crippen LogP contribution in [0.1, 0.15) is 19.4 Å². The van der Waals surface area contributed by atoms with Gasteiger partial charge in [0.2, 0.25) is 5.28 Å². The highest BCUT2D eigenvalue weighted by Crippen LogP contribution is 2.16. The van der Waals surface area contributed by atoms with Gasteiger partial charge in [-0.1, -0.05) is 17.7 Å². The number of hydrogen-bond donors (Lipinski definition) is 0. The molecule has 7 nitrogen and oxygen atoms in total. The van der Waals surface area contributed by atoms with E-state index in [-0.39, 0.29) is 17.5 Å². The number of imidazole rings is 1. The number of nitrogens with zero attached hydrogens (tertiary/aromatic N) is 5. The Morgan fingerprint density at radius 1 is 1.28 bits per heavy atom. The molecule has 0 radical (unpaired) electrons. The average Bonchev–Trinajstić information content (AvgIpc) is 2.92. The van der Waals surface area contributed by atoms with Gasteiger partial charge in [-0.15, -0.1) is 0 Å². The van der Waals surface area contributed by atoms with Crippen LogP contribution < -0.4 is 11.2 Å². The van der Waals surface area contributed by atoms with Crippen LogP contribution in [0.25, 0.3) is 11.2 Å². The summed E-state index contributed by atoms with van der Waals surface area (Å²) in [6, 6.07) is 3.58. The second-order valence-corrected chi connectivity index (χ2v) is 6.38. The topological polar surface area (TPSA) is 74.7 Å². The molecule has 3 aromatic heterocycles. The number of fused-ring (bicyclic) bond motifs is 1. The first-order chi connectivity index (χ1) is 11.9. The lowest BCUT2D eigenvalue weighted by Gasteiger charge is -2.09. The molecule has 0 fully saturated rings. The van der Waals surface area contributed by atoms with Gasteiger partial charge in [-0.3, -0.25) is 18.9 Å². The predicted octanol–water partition coefficient (Wildman–Crippen LogP) is 1.96. The summed E-state index contributed by atoms with van der Waals surface area (Å²) >= 11 is 6.21. The number of pyridine rings is 1. The van der Waals surface area contributed by atoms with E-state index in [1.54, 1.807) is 30.1 Å². The third-order valence-corrected chi connectivity index (χ3v) is 4.22. The molecule has 0 aliphatic carbocycles. The molecule has 0 N–H and O–H groups in total. The third kappa shape index (κ3) is 3.15. The predicted molar refractivity (Wildman–Crippen MR) is 97.0 cm³/mol. The van der Waals surface area contributed by atoms with Gasteiger partial charge in [0.25, 0.3) is 5.56 Å². The number of hydrogen-bond acceptors (Lipinski definition) is 4. The monoisotopic (exact) mass is 359 g/mol. The van der Waals surface area contributed by atoms with Crippen LogP contribution in [0.3, 0.4) is 0 Å². The first-order valence-corrected chi connectivity index (χ1v) is 8.15. The van der Waals surface area contributed by atoms with Crippen molar-refractivity contribution in [3.8, 4) is 0 Å². The van der Waals surface area contributed by atoms with Crippen LogP contribution in [-0.4, -0.2) is 23.7 Å². The van der Waals surface area contributed by atoms with E-state index in [2.05, 4.69) is 9.97 Å². The van der Waals surface area contributed by atoms with Gasteiger partial charge in [-0.2, -0.15) is 4.98 Å². The van der Waals surface area contributed by atoms with E-state index in [1.165, 1.54) is 9.13 Å². The summed E-state index contributed by atoms with van der Waals surface area (Å²) in [5, 5.41) is 0.179. The summed E-state index contributed by atoms with van der Waals surface area (Å²) in [6.45, 7) is 4.48. The van der Waals surface area contributed by atoms with Crippen molar-refractivity contribution in [2.75, 3.05) is 0 Å². The first-order valence-electron chi connectivity index (χ1n) is 7.78. The molecule has 0 saturated carbocycles. The molecule has 0 unspecified atom stereocenters. The minimum Gasteiger partial charge on any atom is -0.305 e. The first kappa shape index (κ1) is 17.2. The van der Waals surface area contributed by atoms with E-state index in [4.69, 9.17) is 11.6 Å². The maximum Gasteiger partial charge on any atom is 0.332 e. The van der Waals surface area contributed by atoms with Gasteiger partial charge >= 0.3 is 5.69 Å². The zero-order valence-electron chi connectivity index (χ0n) is 14.2. The summed E-state index contributed by atoms with van der Waals surface area (Å²) in [5.41, 5.74) is 1.60. The maximum absolute atomic E-state index is 13.0. The molecule has 3 heterocycles. The van der Waals surface area contributed by atoms with Crippen molar-refractivity contribution in [2.24, 2.45) is 7.05 Å². The second-order valence-electron chi connectivity index (χ2n) is 6.04. The summed E-state index contributed by atoms with van der Waals surface area (Å²) in [6.07, 6.45) is 5.22. The van der Waals surface area contributed by atoms with Gasteiger partial charge in [0.1, 0.15) is 0 Å². The highest BCUT2D eigenvalue weighted by atomic mass is 35.5. The lowest BCUT2D eigenvalue weighted by molar-refractivity contribution is 0.652. The fourth-order valence-electron chi connectivity index (χ4n) is 2.60. The van der Waals surface area contributed by atoms with E-state index in [0.717, 1.165) is 11.1 Å². The normalized spacial score (nSPS) is 11.0. The zero-order valence-corrected chi connectivity index (χ0v) is 15.0. The quantitative estimate of drug-likeness (QED) is 0.527. The summed E-state index contributed by atoms with van der Waals surface area (Å²) < 4.78 is 4.14. The Labute approximate surface area is 148 Å². The van der Waals surface area contributed by atoms with Crippen molar-refractivity contribution in [1.82, 2.24) is 23.7 Å². The Hall–Kier alpha value is -2.67. The van der Waals surface area contributed by atoms with E-state index in [0.29, 0.717) is 12.1 Å². The Balaban J connectivity index is 2.25. The van der Waals surface area contributed by atoms with E-state index in [9.17, 15) is 9.59 Å². The van der Waals surface area contributed by atoms with Crippen molar-refractivity contribution in [3.05, 3.63) is 67.9 Å². The zero-order chi connectivity index (χ0) is 18.1. The molecule has 0 bridgehead atoms. The highest BCUT2D eigenvalue weighted by Gasteiger charge is 2.19. The smallest absolute Gasteiger partial charge is 0.305 e. The number of aryl methyl sites for hydroxylation is 1. The van der Waals surface area contributed by atoms with Gasteiger partial charge in [-0.05, 0) is 37.1 Å². The van der Waals surface area contributed by atoms with Gasteiger partial charge in [-0.25, -0.2) is 4.79 Å². The van der Waals surface area contributed by atoms with Crippen LogP contribution in [0.5, 0.6) is 0 Å². The third-order valence-electron chi connectivity index (χ3n) is 3.93. The standard InChI is InChI=1S/C17H18ClN5O2/c1-11(2)6-8-22-13-14(20-16(22)18)21(3)17(25)23(15(13)24)10-12-5-4-7-19-9-12/h4-7,9H,8,10H2,1-3H3. The van der Waals surface area contributed by atoms with Crippen molar-refractivity contribution in [3.63, 3.8) is 0 Å². The van der Waals surface area contributed by atoms with Gasteiger partial charge < -0.3 is 4.57 Å². The van der Waals surface area contributed by atoms with Crippen molar-refractivity contribution >= 4 is 22.8 Å². The Bertz CT molecular complexity index is 1070. The Morgan fingerprint density at radius 2 is 2.04 bits per heavy atom. The van der Waals surface area contributed by atoms with Gasteiger partial charge in [0.15, 0.2) is 11.2 Å². The Morgan fingerprint density at radius 3 is 2.68 bits per heavy atom. The summed E-state index contributed by atoms with van der Waals surface area (Å²) in [7, 11) is 1.58. The van der Waals surface area contributed by atoms with Crippen LogP contribution in [0, 0.1) is 0 Å². The largest absolute Gasteiger partial charge is 0.332 e. The maximum atomic E-state index is 13.0. The van der Waals surface area contributed by atoms with Crippen LogP contribution in [0.2, 0.25) is 5.28 Å². The van der Waals surface area contributed by atoms with Crippen molar-refractivity contribution in [1.29, 1.82) is 0 Å². The summed E-state index contributed by atoms with van der Waals surface area (Å²) in [5.74, 6) is 0. The van der Waals surface area contributed by atoms with Crippen LogP contribution in [-0.2, 0) is 20.1 Å². The van der Waals surface area contributed by atoms with Crippen LogP contribution in [0.4, 0.5) is 0 Å². The van der Waals surface area contributed by atoms with Crippen molar-refractivity contribution in [2.45, 2.75) is 26.9 Å². The van der Waals surface area contributed by atoms with E-state index in [1.807, 2.05) is 26.0 Å². The minimum absolute atomic E-state index is 0.140. The second kappa shape index (κ2) is 6.68. The molecule has 8 heteroatoms. The molecular formula is C17H18ClN5O2. The Kier molecular flexibility index (Phi) is 4.59. The fraction of sp³-hybridized carbons (Fsp3) is 0.294. The SMILES string of the molecule is CC(C)=CCn1c(Cl)nc2c1c(=O)n(Cc1cccnc1)c(=O)n2C. The molecule has 0 saturated heterocycles. The molecular weight excluding hydrogens is 342 g/mol. The van der Waals surface area contributed by atoms with E-state index >= 15 is 0 Å². The number of aromatic nitrogens is 5. The van der Waals surface area contributed by atoms with Gasteiger partial charge in [0, 0.05) is 26.0 Å². The van der Waals surface area contributed by atoms with Crippen LogP contribution in [0.15, 0.2) is 45.8 Å². The number of allylic oxidation sites excluding steroid dienone is 2. The minimum atomic E-state index is -0.440. The molecule has 0 amide bonds. The molecule has 0 atom stereocenters. The molecule has 25 heavy (non-hydrogen) atoms. The molecule has 3 rings (SSSR count).